The first-order valence-corrected chi connectivity index (χ1v) is 11.5. The van der Waals surface area contributed by atoms with Crippen LogP contribution in [0.4, 0.5) is 5.69 Å². The standard InChI is InChI=1S/C28H16ClN5O2/c29-23-9-5-4-8-20(23)26-21-14-25(34(35)36)28-22(15-31-33-28)27(21)32-24(16-30-26)19-12-10-18(11-13-19)17-6-2-1-3-7-17/h1-16H. The molecule has 0 fully saturated rings. The van der Waals surface area contributed by atoms with Gasteiger partial charge in [-0.1, -0.05) is 84.4 Å². The van der Waals surface area contributed by atoms with E-state index >= 15 is 0 Å². The van der Waals surface area contributed by atoms with Crippen LogP contribution in [0.5, 0.6) is 0 Å². The molecule has 0 saturated carbocycles. The molecule has 2 aromatic heterocycles. The Morgan fingerprint density at radius 2 is 1.44 bits per heavy atom. The summed E-state index contributed by atoms with van der Waals surface area (Å²) < 4.78 is 0. The number of nitro benzene ring substituents is 1. The highest BCUT2D eigenvalue weighted by molar-refractivity contribution is 6.33. The summed E-state index contributed by atoms with van der Waals surface area (Å²) in [5.41, 5.74) is 5.32. The third kappa shape index (κ3) is 3.72. The van der Waals surface area contributed by atoms with Gasteiger partial charge in [0.2, 0.25) is 0 Å². The van der Waals surface area contributed by atoms with Gasteiger partial charge < -0.3 is 0 Å². The smallest absolute Gasteiger partial charge is 0.258 e. The maximum Gasteiger partial charge on any atom is 0.298 e. The maximum absolute atomic E-state index is 11.9. The predicted octanol–water partition coefficient (Wildman–Crippen LogP) is 7.14. The van der Waals surface area contributed by atoms with Crippen molar-refractivity contribution in [2.24, 2.45) is 0 Å². The number of hydrogen-bond donors (Lipinski definition) is 0. The average molecular weight is 490 g/mol. The van der Waals surface area contributed by atoms with Crippen LogP contribution in [0.2, 0.25) is 5.02 Å². The average Bonchev–Trinajstić information content (AvgIpc) is 3.32. The Labute approximate surface area is 210 Å². The molecule has 0 atom stereocenters. The summed E-state index contributed by atoms with van der Waals surface area (Å²) in [6, 6.07) is 26.8. The fourth-order valence-electron chi connectivity index (χ4n) is 4.30. The van der Waals surface area contributed by atoms with Gasteiger partial charge in [-0.15, -0.1) is 5.10 Å². The lowest BCUT2D eigenvalue weighted by Gasteiger charge is -2.05. The van der Waals surface area contributed by atoms with Gasteiger partial charge in [0.15, 0.2) is 5.52 Å². The molecule has 0 N–H and O–H groups in total. The Hall–Kier alpha value is -4.75. The van der Waals surface area contributed by atoms with Crippen LogP contribution in [0.15, 0.2) is 97.3 Å². The summed E-state index contributed by atoms with van der Waals surface area (Å²) in [7, 11) is 0. The molecule has 0 unspecified atom stereocenters. The highest BCUT2D eigenvalue weighted by Gasteiger charge is 2.22. The van der Waals surface area contributed by atoms with Crippen molar-refractivity contribution in [3.05, 3.63) is 112 Å². The summed E-state index contributed by atoms with van der Waals surface area (Å²) in [5.74, 6) is 0. The zero-order chi connectivity index (χ0) is 24.6. The van der Waals surface area contributed by atoms with Crippen LogP contribution in [0.3, 0.4) is 0 Å². The quantitative estimate of drug-likeness (QED) is 0.193. The first-order valence-electron chi connectivity index (χ1n) is 11.1. The van der Waals surface area contributed by atoms with Crippen molar-refractivity contribution < 1.29 is 4.92 Å². The van der Waals surface area contributed by atoms with Crippen LogP contribution < -0.4 is 0 Å². The molecule has 0 saturated heterocycles. The van der Waals surface area contributed by atoms with Gasteiger partial charge in [-0.05, 0) is 17.2 Å². The third-order valence-corrected chi connectivity index (χ3v) is 6.38. The number of rotatable bonds is 4. The van der Waals surface area contributed by atoms with E-state index in [0.29, 0.717) is 38.3 Å². The normalized spacial score (nSPS) is 11.1. The van der Waals surface area contributed by atoms with Crippen molar-refractivity contribution in [1.29, 1.82) is 0 Å². The van der Waals surface area contributed by atoms with Gasteiger partial charge in [0.1, 0.15) is 0 Å². The van der Waals surface area contributed by atoms with E-state index in [1.165, 1.54) is 12.3 Å². The van der Waals surface area contributed by atoms with Crippen LogP contribution in [-0.2, 0) is 0 Å². The highest BCUT2D eigenvalue weighted by Crippen LogP contribution is 2.38. The fraction of sp³-hybridized carbons (Fsp3) is 0. The summed E-state index contributed by atoms with van der Waals surface area (Å²) in [6.07, 6.45) is 3.16. The second kappa shape index (κ2) is 8.79. The molecule has 0 aliphatic carbocycles. The molecule has 2 heterocycles. The summed E-state index contributed by atoms with van der Waals surface area (Å²) in [4.78, 5) is 21.0. The zero-order valence-electron chi connectivity index (χ0n) is 18.7. The van der Waals surface area contributed by atoms with Crippen molar-refractivity contribution in [2.45, 2.75) is 0 Å². The molecule has 0 aliphatic rings. The van der Waals surface area contributed by atoms with Crippen LogP contribution in [0, 0.1) is 10.1 Å². The second-order valence-electron chi connectivity index (χ2n) is 8.18. The van der Waals surface area contributed by atoms with E-state index in [-0.39, 0.29) is 11.2 Å². The first kappa shape index (κ1) is 21.8. The van der Waals surface area contributed by atoms with E-state index in [1.54, 1.807) is 12.3 Å². The third-order valence-electron chi connectivity index (χ3n) is 6.05. The lowest BCUT2D eigenvalue weighted by Crippen LogP contribution is -1.92. The number of benzene rings is 4. The molecular weight excluding hydrogens is 474 g/mol. The Morgan fingerprint density at radius 1 is 0.750 bits per heavy atom. The molecule has 6 aromatic rings. The number of nitro groups is 1. The molecule has 8 heteroatoms. The maximum atomic E-state index is 11.9. The molecular formula is C28H16ClN5O2. The molecule has 6 rings (SSSR count). The molecule has 4 aromatic carbocycles. The fourth-order valence-corrected chi connectivity index (χ4v) is 4.52. The van der Waals surface area contributed by atoms with Crippen LogP contribution in [-0.4, -0.2) is 25.1 Å². The van der Waals surface area contributed by atoms with Crippen molar-refractivity contribution in [3.8, 4) is 33.6 Å². The Kier molecular flexibility index (Phi) is 5.32. The lowest BCUT2D eigenvalue weighted by atomic mass is 10.0. The van der Waals surface area contributed by atoms with E-state index in [1.807, 2.05) is 60.7 Å². The first-order chi connectivity index (χ1) is 17.6. The van der Waals surface area contributed by atoms with Crippen molar-refractivity contribution in [1.82, 2.24) is 20.2 Å². The van der Waals surface area contributed by atoms with Crippen molar-refractivity contribution in [3.63, 3.8) is 0 Å². The van der Waals surface area contributed by atoms with Gasteiger partial charge in [0.25, 0.3) is 5.69 Å². The lowest BCUT2D eigenvalue weighted by molar-refractivity contribution is -0.383. The number of halogens is 1. The minimum absolute atomic E-state index is 0.160. The molecule has 0 spiro atoms. The highest BCUT2D eigenvalue weighted by atomic mass is 35.5. The summed E-state index contributed by atoms with van der Waals surface area (Å²) in [5, 5.41) is 21.2. The molecule has 172 valence electrons. The van der Waals surface area contributed by atoms with Crippen LogP contribution in [0.1, 0.15) is 0 Å². The number of hydrogen-bond acceptors (Lipinski definition) is 6. The molecule has 0 amide bonds. The van der Waals surface area contributed by atoms with E-state index < -0.39 is 4.92 Å². The molecule has 36 heavy (non-hydrogen) atoms. The number of non-ortho nitro benzene ring substituents is 1. The predicted molar refractivity (Wildman–Crippen MR) is 141 cm³/mol. The zero-order valence-corrected chi connectivity index (χ0v) is 19.4. The van der Waals surface area contributed by atoms with Crippen molar-refractivity contribution in [2.75, 3.05) is 0 Å². The summed E-state index contributed by atoms with van der Waals surface area (Å²) in [6.45, 7) is 0. The van der Waals surface area contributed by atoms with E-state index in [0.717, 1.165) is 16.7 Å². The van der Waals surface area contributed by atoms with E-state index in [9.17, 15) is 10.1 Å². The van der Waals surface area contributed by atoms with Crippen molar-refractivity contribution >= 4 is 39.1 Å². The second-order valence-corrected chi connectivity index (χ2v) is 8.59. The van der Waals surface area contributed by atoms with E-state index in [2.05, 4.69) is 22.3 Å². The minimum Gasteiger partial charge on any atom is -0.258 e. The minimum atomic E-state index is -0.469. The van der Waals surface area contributed by atoms with Gasteiger partial charge in [0.05, 0.1) is 39.6 Å². The molecule has 0 bridgehead atoms. The van der Waals surface area contributed by atoms with Crippen LogP contribution in [0.25, 0.3) is 55.4 Å². The number of fused-ring (bicyclic) bond motifs is 3. The van der Waals surface area contributed by atoms with Gasteiger partial charge in [-0.25, -0.2) is 4.98 Å². The monoisotopic (exact) mass is 489 g/mol. The van der Waals surface area contributed by atoms with Gasteiger partial charge >= 0.3 is 0 Å². The Balaban J connectivity index is 1.63. The molecule has 0 aliphatic heterocycles. The number of nitrogens with zero attached hydrogens (tertiary/aromatic N) is 5. The van der Waals surface area contributed by atoms with Crippen LogP contribution >= 0.6 is 11.6 Å². The summed E-state index contributed by atoms with van der Waals surface area (Å²) >= 11 is 6.52. The number of aromatic nitrogens is 4. The topological polar surface area (TPSA) is 94.7 Å². The molecule has 7 nitrogen and oxygen atoms in total. The van der Waals surface area contributed by atoms with Gasteiger partial charge in [0, 0.05) is 27.6 Å². The SMILES string of the molecule is O=[N+]([O-])c1cc2c(-c3ccccc3Cl)ncc(-c3ccc(-c4ccccc4)cc3)nc2c2cnnc12. The van der Waals surface area contributed by atoms with Gasteiger partial charge in [-0.2, -0.15) is 5.10 Å². The molecule has 0 radical (unpaired) electrons. The van der Waals surface area contributed by atoms with Gasteiger partial charge in [-0.3, -0.25) is 15.1 Å². The Bertz CT molecular complexity index is 1770. The largest absolute Gasteiger partial charge is 0.298 e. The Morgan fingerprint density at radius 3 is 2.19 bits per heavy atom. The van der Waals surface area contributed by atoms with E-state index in [4.69, 9.17) is 21.6 Å².